The van der Waals surface area contributed by atoms with E-state index in [0.29, 0.717) is 32.4 Å². The first-order chi connectivity index (χ1) is 16.2. The number of nitrogens with zero attached hydrogens (tertiary/aromatic N) is 2. The van der Waals surface area contributed by atoms with Crippen LogP contribution in [0.5, 0.6) is 0 Å². The van der Waals surface area contributed by atoms with Gasteiger partial charge in [0.05, 0.1) is 16.6 Å². The van der Waals surface area contributed by atoms with Crippen molar-refractivity contribution < 1.29 is 24.6 Å². The monoisotopic (exact) mass is 486 g/mol. The van der Waals surface area contributed by atoms with Crippen molar-refractivity contribution in [3.63, 3.8) is 0 Å². The quantitative estimate of drug-likeness (QED) is 0.411. The molecule has 3 aliphatic rings. The first kappa shape index (κ1) is 24.8. The molecule has 2 amide bonds. The van der Waals surface area contributed by atoms with Crippen LogP contribution in [-0.4, -0.2) is 68.6 Å². The van der Waals surface area contributed by atoms with Gasteiger partial charge in [-0.25, -0.2) is 0 Å². The second-order valence-corrected chi connectivity index (χ2v) is 11.4. The van der Waals surface area contributed by atoms with Crippen molar-refractivity contribution >= 4 is 35.2 Å². The van der Waals surface area contributed by atoms with Gasteiger partial charge >= 0.3 is 5.97 Å². The van der Waals surface area contributed by atoms with Gasteiger partial charge in [0, 0.05) is 30.6 Å². The topological polar surface area (TPSA) is 98.2 Å². The third-order valence-electron chi connectivity index (χ3n) is 7.86. The first-order valence-electron chi connectivity index (χ1n) is 12.0. The molecular formula is C26H34N2O5S. The Hall–Kier alpha value is -2.32. The molecule has 184 valence electrons. The Morgan fingerprint density at radius 1 is 1.29 bits per heavy atom. The van der Waals surface area contributed by atoms with E-state index in [9.17, 15) is 24.6 Å². The molecule has 1 aromatic rings. The lowest BCUT2D eigenvalue weighted by atomic mass is 9.66. The summed E-state index contributed by atoms with van der Waals surface area (Å²) in [5, 5.41) is 19.2. The smallest absolute Gasteiger partial charge is 0.308 e. The van der Waals surface area contributed by atoms with Crippen LogP contribution in [0.15, 0.2) is 30.9 Å². The first-order valence-corrected chi connectivity index (χ1v) is 12.9. The summed E-state index contributed by atoms with van der Waals surface area (Å²) in [5.74, 6) is -2.82. The average Bonchev–Trinajstić information content (AvgIpc) is 3.37. The van der Waals surface area contributed by atoms with Crippen molar-refractivity contribution in [2.75, 3.05) is 24.6 Å². The third-order valence-corrected chi connectivity index (χ3v) is 9.94. The Morgan fingerprint density at radius 3 is 2.56 bits per heavy atom. The van der Waals surface area contributed by atoms with Gasteiger partial charge in [0.2, 0.25) is 5.91 Å². The summed E-state index contributed by atoms with van der Waals surface area (Å²) in [6, 6.07) is 5.13. The molecule has 3 aliphatic heterocycles. The van der Waals surface area contributed by atoms with Crippen molar-refractivity contribution in [2.45, 2.75) is 56.1 Å². The van der Waals surface area contributed by atoms with E-state index in [1.54, 1.807) is 27.6 Å². The summed E-state index contributed by atoms with van der Waals surface area (Å²) in [5.41, 5.74) is 2.73. The summed E-state index contributed by atoms with van der Waals surface area (Å²) >= 11 is 1.55. The number of para-hydroxylation sites is 1. The Morgan fingerprint density at radius 2 is 1.97 bits per heavy atom. The number of anilines is 1. The van der Waals surface area contributed by atoms with Crippen LogP contribution in [-0.2, 0) is 14.4 Å². The number of carbonyl (C=O) groups is 3. The SMILES string of the molecule is C=CCN(C(=O)C1N(CCCCO)C(=O)[C@@H]2[C@@H](C(=O)O)[C@H]3CC(C)C12S3)c1c(C)cccc1C. The normalized spacial score (nSPS) is 31.6. The van der Waals surface area contributed by atoms with E-state index in [1.807, 2.05) is 32.0 Å². The fourth-order valence-electron chi connectivity index (χ4n) is 6.51. The minimum atomic E-state index is -0.953. The maximum absolute atomic E-state index is 14.5. The van der Waals surface area contributed by atoms with Gasteiger partial charge in [-0.05, 0) is 50.2 Å². The number of thioether (sulfide) groups is 1. The van der Waals surface area contributed by atoms with Gasteiger partial charge < -0.3 is 20.0 Å². The van der Waals surface area contributed by atoms with Crippen molar-refractivity contribution in [2.24, 2.45) is 17.8 Å². The number of likely N-dealkylation sites (tertiary alicyclic amines) is 1. The summed E-state index contributed by atoms with van der Waals surface area (Å²) in [4.78, 5) is 43.8. The van der Waals surface area contributed by atoms with E-state index in [0.717, 1.165) is 16.8 Å². The van der Waals surface area contributed by atoms with E-state index in [2.05, 4.69) is 13.5 Å². The minimum absolute atomic E-state index is 0.00515. The molecule has 34 heavy (non-hydrogen) atoms. The van der Waals surface area contributed by atoms with Crippen LogP contribution in [0.25, 0.3) is 0 Å². The van der Waals surface area contributed by atoms with Crippen LogP contribution >= 0.6 is 11.8 Å². The Balaban J connectivity index is 1.83. The highest BCUT2D eigenvalue weighted by Crippen LogP contribution is 2.68. The Kier molecular flexibility index (Phi) is 6.84. The van der Waals surface area contributed by atoms with E-state index < -0.39 is 28.6 Å². The Bertz CT molecular complexity index is 993. The zero-order chi connectivity index (χ0) is 24.8. The molecular weight excluding hydrogens is 452 g/mol. The van der Waals surface area contributed by atoms with Crippen LogP contribution in [0.2, 0.25) is 0 Å². The number of unbranched alkanes of at least 4 members (excludes halogenated alkanes) is 1. The number of carboxylic acid groups (broad SMARTS) is 1. The van der Waals surface area contributed by atoms with Gasteiger partial charge in [0.1, 0.15) is 6.04 Å². The van der Waals surface area contributed by atoms with Gasteiger partial charge in [-0.3, -0.25) is 14.4 Å². The summed E-state index contributed by atoms with van der Waals surface area (Å²) in [6.07, 6.45) is 3.45. The van der Waals surface area contributed by atoms with Crippen molar-refractivity contribution in [3.8, 4) is 0 Å². The second-order valence-electron chi connectivity index (χ2n) is 9.83. The molecule has 3 saturated heterocycles. The van der Waals surface area contributed by atoms with E-state index in [1.165, 1.54) is 0 Å². The van der Waals surface area contributed by atoms with Gasteiger partial charge in [0.25, 0.3) is 5.91 Å². The average molecular weight is 487 g/mol. The molecule has 3 unspecified atom stereocenters. The summed E-state index contributed by atoms with van der Waals surface area (Å²) in [6.45, 7) is 10.5. The van der Waals surface area contributed by atoms with E-state index >= 15 is 0 Å². The number of rotatable bonds is 9. The minimum Gasteiger partial charge on any atom is -0.481 e. The molecule has 0 aromatic heterocycles. The molecule has 0 aliphatic carbocycles. The fraction of sp³-hybridized carbons (Fsp3) is 0.577. The number of aliphatic hydroxyl groups excluding tert-OH is 1. The zero-order valence-corrected chi connectivity index (χ0v) is 20.9. The second kappa shape index (κ2) is 9.38. The van der Waals surface area contributed by atoms with Gasteiger partial charge in [-0.1, -0.05) is 31.2 Å². The van der Waals surface area contributed by atoms with Crippen LogP contribution in [0.4, 0.5) is 5.69 Å². The molecule has 1 spiro atoms. The molecule has 6 atom stereocenters. The highest BCUT2D eigenvalue weighted by atomic mass is 32.2. The maximum Gasteiger partial charge on any atom is 0.308 e. The summed E-state index contributed by atoms with van der Waals surface area (Å²) in [7, 11) is 0. The number of benzene rings is 1. The number of fused-ring (bicyclic) bond motifs is 1. The third kappa shape index (κ3) is 3.57. The standard InChI is InChI=1S/C26H34N2O5S/c1-5-11-27(21-15(2)9-8-10-16(21)3)24(31)22-26-17(4)14-18(34-26)19(25(32)33)20(26)23(30)28(22)12-6-7-13-29/h5,8-10,17-20,22,29H,1,6-7,11-14H2,2-4H3,(H,32,33)/t17?,18-,19+,20+,22?,26?/m1/s1. The number of amides is 2. The van der Waals surface area contributed by atoms with Crippen LogP contribution in [0.1, 0.15) is 37.3 Å². The molecule has 3 fully saturated rings. The highest BCUT2D eigenvalue weighted by molar-refractivity contribution is 8.02. The molecule has 1 aromatic carbocycles. The van der Waals surface area contributed by atoms with Crippen molar-refractivity contribution in [1.29, 1.82) is 0 Å². The number of hydrogen-bond acceptors (Lipinski definition) is 5. The lowest BCUT2D eigenvalue weighted by Gasteiger charge is -2.40. The van der Waals surface area contributed by atoms with Crippen LogP contribution < -0.4 is 4.90 Å². The van der Waals surface area contributed by atoms with Gasteiger partial charge in [-0.2, -0.15) is 0 Å². The predicted octanol–water partition coefficient (Wildman–Crippen LogP) is 3.02. The molecule has 2 bridgehead atoms. The number of aliphatic carboxylic acids is 1. The summed E-state index contributed by atoms with van der Waals surface area (Å²) < 4.78 is -0.767. The highest BCUT2D eigenvalue weighted by Gasteiger charge is 2.76. The van der Waals surface area contributed by atoms with Gasteiger partial charge in [-0.15, -0.1) is 18.3 Å². The van der Waals surface area contributed by atoms with Crippen molar-refractivity contribution in [3.05, 3.63) is 42.0 Å². The van der Waals surface area contributed by atoms with Crippen LogP contribution in [0, 0.1) is 31.6 Å². The Labute approximate surface area is 205 Å². The van der Waals surface area contributed by atoms with E-state index in [-0.39, 0.29) is 29.6 Å². The molecule has 7 nitrogen and oxygen atoms in total. The number of hydrogen-bond donors (Lipinski definition) is 2. The number of carboxylic acids is 1. The zero-order valence-electron chi connectivity index (χ0n) is 20.1. The largest absolute Gasteiger partial charge is 0.481 e. The molecule has 8 heteroatoms. The fourth-order valence-corrected chi connectivity index (χ4v) is 8.92. The predicted molar refractivity (Wildman–Crippen MR) is 133 cm³/mol. The lowest BCUT2D eigenvalue weighted by Crippen LogP contribution is -2.57. The maximum atomic E-state index is 14.5. The number of aryl methyl sites for hydroxylation is 2. The molecule has 4 rings (SSSR count). The molecule has 2 N–H and O–H groups in total. The molecule has 0 radical (unpaired) electrons. The van der Waals surface area contributed by atoms with Crippen molar-refractivity contribution in [1.82, 2.24) is 4.90 Å². The lowest BCUT2D eigenvalue weighted by molar-refractivity contribution is -0.149. The van der Waals surface area contributed by atoms with E-state index in [4.69, 9.17) is 0 Å². The molecule has 3 heterocycles. The van der Waals surface area contributed by atoms with Gasteiger partial charge in [0.15, 0.2) is 0 Å². The number of aliphatic hydroxyl groups is 1. The molecule has 0 saturated carbocycles. The van der Waals surface area contributed by atoms with Crippen LogP contribution in [0.3, 0.4) is 0 Å². The number of carbonyl (C=O) groups excluding carboxylic acids is 2.